The van der Waals surface area contributed by atoms with E-state index in [1.807, 2.05) is 14.0 Å². The van der Waals surface area contributed by atoms with Crippen LogP contribution in [0.4, 0.5) is 0 Å². The van der Waals surface area contributed by atoms with Gasteiger partial charge in [0.25, 0.3) is 0 Å². The van der Waals surface area contributed by atoms with Gasteiger partial charge in [0.15, 0.2) is 3.95 Å². The molecule has 0 aliphatic rings. The third-order valence-corrected chi connectivity index (χ3v) is 4.81. The molecule has 0 atom stereocenters. The van der Waals surface area contributed by atoms with Crippen LogP contribution in [0.5, 0.6) is 0 Å². The predicted octanol–water partition coefficient (Wildman–Crippen LogP) is 4.23. The molecule has 5 heteroatoms. The second kappa shape index (κ2) is 4.58. The van der Waals surface area contributed by atoms with Crippen molar-refractivity contribution < 1.29 is 0 Å². The lowest BCUT2D eigenvalue weighted by molar-refractivity contribution is 0.886. The van der Waals surface area contributed by atoms with Crippen molar-refractivity contribution in [2.75, 3.05) is 0 Å². The summed E-state index contributed by atoms with van der Waals surface area (Å²) in [5.41, 5.74) is 4.50. The van der Waals surface area contributed by atoms with Gasteiger partial charge in [-0.2, -0.15) is 0 Å². The van der Waals surface area contributed by atoms with E-state index in [9.17, 15) is 0 Å². The molecule has 0 saturated heterocycles. The summed E-state index contributed by atoms with van der Waals surface area (Å²) in [6.45, 7) is 4.18. The lowest BCUT2D eigenvalue weighted by Gasteiger charge is -2.02. The fraction of sp³-hybridized carbons (Fsp3) is 0.286. The van der Waals surface area contributed by atoms with Crippen molar-refractivity contribution in [2.45, 2.75) is 20.3 Å². The molecule has 0 aliphatic carbocycles. The predicted molar refractivity (Wildman–Crippen MR) is 83.3 cm³/mol. The molecule has 98 valence electrons. The Labute approximate surface area is 120 Å². The number of aromatic nitrogens is 3. The van der Waals surface area contributed by atoms with Gasteiger partial charge in [0.1, 0.15) is 5.82 Å². The summed E-state index contributed by atoms with van der Waals surface area (Å²) in [6, 6.07) is 6.39. The molecule has 2 aromatic heterocycles. The van der Waals surface area contributed by atoms with E-state index in [-0.39, 0.29) is 0 Å². The highest BCUT2D eigenvalue weighted by Crippen LogP contribution is 2.29. The third kappa shape index (κ3) is 2.03. The standard InChI is InChI=1S/C14H15N3S2/c1-4-12-13(16-14(18)19-12)9-5-6-11-10(7-9)15-8(2)17(11)3/h5-7H,4H2,1-3H3,(H,16,18). The number of thiazole rings is 1. The molecule has 0 aliphatic heterocycles. The van der Waals surface area contributed by atoms with Crippen molar-refractivity contribution in [3.8, 4) is 11.3 Å². The molecular formula is C14H15N3S2. The second-order valence-electron chi connectivity index (χ2n) is 4.59. The molecule has 2 heterocycles. The molecule has 0 bridgehead atoms. The van der Waals surface area contributed by atoms with Crippen LogP contribution in [-0.2, 0) is 13.5 Å². The van der Waals surface area contributed by atoms with E-state index >= 15 is 0 Å². The Bertz CT molecular complexity index is 808. The first-order valence-electron chi connectivity index (χ1n) is 6.25. The Hall–Kier alpha value is -1.46. The fourth-order valence-electron chi connectivity index (χ4n) is 2.32. The summed E-state index contributed by atoms with van der Waals surface area (Å²) >= 11 is 6.91. The van der Waals surface area contributed by atoms with Gasteiger partial charge in [-0.05, 0) is 37.7 Å². The summed E-state index contributed by atoms with van der Waals surface area (Å²) in [6.07, 6.45) is 0.992. The molecule has 0 saturated carbocycles. The van der Waals surface area contributed by atoms with Gasteiger partial charge in [0.05, 0.1) is 16.7 Å². The highest BCUT2D eigenvalue weighted by Gasteiger charge is 2.10. The van der Waals surface area contributed by atoms with Crippen LogP contribution >= 0.6 is 23.6 Å². The number of nitrogens with one attached hydrogen (secondary N) is 1. The number of hydrogen-bond donors (Lipinski definition) is 1. The van der Waals surface area contributed by atoms with Gasteiger partial charge in [-0.3, -0.25) is 0 Å². The minimum absolute atomic E-state index is 0.837. The smallest absolute Gasteiger partial charge is 0.159 e. The molecule has 1 aromatic carbocycles. The number of aryl methyl sites for hydroxylation is 3. The lowest BCUT2D eigenvalue weighted by atomic mass is 10.1. The van der Waals surface area contributed by atoms with Crippen LogP contribution in [0.2, 0.25) is 0 Å². The summed E-state index contributed by atoms with van der Waals surface area (Å²) < 4.78 is 2.94. The van der Waals surface area contributed by atoms with Crippen molar-refractivity contribution in [1.29, 1.82) is 0 Å². The molecule has 3 rings (SSSR count). The normalized spacial score (nSPS) is 11.3. The van der Waals surface area contributed by atoms with E-state index < -0.39 is 0 Å². The van der Waals surface area contributed by atoms with Crippen LogP contribution in [0.3, 0.4) is 0 Å². The quantitative estimate of drug-likeness (QED) is 0.716. The first kappa shape index (κ1) is 12.6. The van der Waals surface area contributed by atoms with E-state index in [1.54, 1.807) is 11.3 Å². The van der Waals surface area contributed by atoms with Crippen LogP contribution in [-0.4, -0.2) is 14.5 Å². The van der Waals surface area contributed by atoms with Crippen LogP contribution in [0.1, 0.15) is 17.6 Å². The van der Waals surface area contributed by atoms with Crippen LogP contribution in [0.25, 0.3) is 22.3 Å². The molecule has 1 N–H and O–H groups in total. The molecule has 3 aromatic rings. The number of rotatable bonds is 2. The summed E-state index contributed by atoms with van der Waals surface area (Å²) in [4.78, 5) is 9.19. The van der Waals surface area contributed by atoms with Gasteiger partial charge in [-0.25, -0.2) is 4.98 Å². The third-order valence-electron chi connectivity index (χ3n) is 3.44. The number of nitrogens with zero attached hydrogens (tertiary/aromatic N) is 2. The van der Waals surface area contributed by atoms with Crippen molar-refractivity contribution in [3.63, 3.8) is 0 Å². The highest BCUT2D eigenvalue weighted by molar-refractivity contribution is 7.73. The zero-order valence-electron chi connectivity index (χ0n) is 11.2. The van der Waals surface area contributed by atoms with Crippen molar-refractivity contribution in [3.05, 3.63) is 32.9 Å². The maximum atomic E-state index is 5.25. The van der Waals surface area contributed by atoms with Crippen molar-refractivity contribution >= 4 is 34.6 Å². The average molecular weight is 289 g/mol. The Morgan fingerprint density at radius 1 is 1.42 bits per heavy atom. The largest absolute Gasteiger partial charge is 0.337 e. The minimum atomic E-state index is 0.837. The Kier molecular flexibility index (Phi) is 3.03. The average Bonchev–Trinajstić information content (AvgIpc) is 2.91. The zero-order valence-corrected chi connectivity index (χ0v) is 12.8. The monoisotopic (exact) mass is 289 g/mol. The van der Waals surface area contributed by atoms with Gasteiger partial charge >= 0.3 is 0 Å². The number of aromatic amines is 1. The van der Waals surface area contributed by atoms with Gasteiger partial charge in [0, 0.05) is 17.5 Å². The summed E-state index contributed by atoms with van der Waals surface area (Å²) in [5.74, 6) is 1.03. The molecule has 0 fully saturated rings. The first-order chi connectivity index (χ1) is 9.10. The maximum Gasteiger partial charge on any atom is 0.159 e. The molecule has 0 radical (unpaired) electrons. The summed E-state index contributed by atoms with van der Waals surface area (Å²) in [5, 5.41) is 0. The molecule has 19 heavy (non-hydrogen) atoms. The maximum absolute atomic E-state index is 5.25. The molecule has 0 unspecified atom stereocenters. The van der Waals surface area contributed by atoms with E-state index in [0.29, 0.717) is 0 Å². The molecular weight excluding hydrogens is 274 g/mol. The lowest BCUT2D eigenvalue weighted by Crippen LogP contribution is -1.90. The fourth-order valence-corrected chi connectivity index (χ4v) is 3.51. The Morgan fingerprint density at radius 2 is 2.21 bits per heavy atom. The molecule has 0 amide bonds. The molecule has 3 nitrogen and oxygen atoms in total. The van der Waals surface area contributed by atoms with Crippen molar-refractivity contribution in [2.24, 2.45) is 7.05 Å². The molecule has 0 spiro atoms. The zero-order chi connectivity index (χ0) is 13.6. The van der Waals surface area contributed by atoms with E-state index in [2.05, 4.69) is 39.7 Å². The van der Waals surface area contributed by atoms with Gasteiger partial charge in [-0.15, -0.1) is 11.3 Å². The SMILES string of the molecule is CCc1sc(=S)[nH]c1-c1ccc2c(c1)nc(C)n2C. The Morgan fingerprint density at radius 3 is 2.95 bits per heavy atom. The first-order valence-corrected chi connectivity index (χ1v) is 7.48. The number of fused-ring (bicyclic) bond motifs is 1. The second-order valence-corrected chi connectivity index (χ2v) is 6.36. The number of hydrogen-bond acceptors (Lipinski definition) is 3. The number of imidazole rings is 1. The van der Waals surface area contributed by atoms with E-state index in [0.717, 1.165) is 38.5 Å². The van der Waals surface area contributed by atoms with E-state index in [1.165, 1.54) is 4.88 Å². The highest BCUT2D eigenvalue weighted by atomic mass is 32.1. The van der Waals surface area contributed by atoms with Gasteiger partial charge in [-0.1, -0.05) is 13.0 Å². The van der Waals surface area contributed by atoms with Gasteiger partial charge in [0.2, 0.25) is 0 Å². The van der Waals surface area contributed by atoms with Crippen LogP contribution < -0.4 is 0 Å². The van der Waals surface area contributed by atoms with Crippen molar-refractivity contribution in [1.82, 2.24) is 14.5 Å². The van der Waals surface area contributed by atoms with Crippen LogP contribution in [0, 0.1) is 10.9 Å². The number of benzene rings is 1. The van der Waals surface area contributed by atoms with Crippen LogP contribution in [0.15, 0.2) is 18.2 Å². The topological polar surface area (TPSA) is 33.6 Å². The summed E-state index contributed by atoms with van der Waals surface area (Å²) in [7, 11) is 2.04. The number of H-pyrrole nitrogens is 1. The van der Waals surface area contributed by atoms with Gasteiger partial charge < -0.3 is 9.55 Å². The Balaban J connectivity index is 2.22. The minimum Gasteiger partial charge on any atom is -0.337 e. The van der Waals surface area contributed by atoms with E-state index in [4.69, 9.17) is 12.2 Å².